The van der Waals surface area contributed by atoms with Crippen molar-refractivity contribution in [1.82, 2.24) is 19.7 Å². The Kier molecular flexibility index (Phi) is 6.86. The number of benzene rings is 1. The molecule has 1 fully saturated rings. The summed E-state index contributed by atoms with van der Waals surface area (Å²) in [5, 5.41) is 4.50. The first kappa shape index (κ1) is 23.4. The molecule has 10 heteroatoms. The van der Waals surface area contributed by atoms with E-state index in [0.29, 0.717) is 18.7 Å². The molecule has 4 rings (SSSR count). The lowest BCUT2D eigenvalue weighted by atomic mass is 10.1. The predicted octanol–water partition coefficient (Wildman–Crippen LogP) is 5.85. The van der Waals surface area contributed by atoms with Crippen LogP contribution in [-0.4, -0.2) is 38.7 Å². The number of amides is 1. The number of aromatic nitrogens is 3. The highest BCUT2D eigenvalue weighted by molar-refractivity contribution is 6.36. The van der Waals surface area contributed by atoms with E-state index >= 15 is 0 Å². The Labute approximate surface area is 200 Å². The Morgan fingerprint density at radius 3 is 2.61 bits per heavy atom. The molecule has 0 unspecified atom stereocenters. The fraction of sp³-hybridized carbons (Fsp3) is 0.348. The predicted molar refractivity (Wildman–Crippen MR) is 121 cm³/mol. The molecule has 174 valence electrons. The standard InChI is InChI=1S/C23H22Cl2F2N4O2/c1-13(21-18(24)3-4-19(26)22(21)25)33-20-9-15(10-28-23(20)27)16-11-29-31(12-16)17-5-7-30(8-6-17)14(2)32/h3-4,9-13,17H,5-8H2,1-2H3/t13-/m1/s1. The molecule has 3 aromatic rings. The van der Waals surface area contributed by atoms with E-state index in [9.17, 15) is 13.6 Å². The van der Waals surface area contributed by atoms with Gasteiger partial charge in [0.1, 0.15) is 11.9 Å². The van der Waals surface area contributed by atoms with Crippen LogP contribution in [0.5, 0.6) is 5.75 Å². The zero-order valence-electron chi connectivity index (χ0n) is 18.1. The maximum atomic E-state index is 14.4. The number of ether oxygens (including phenoxy) is 1. The average molecular weight is 495 g/mol. The van der Waals surface area contributed by atoms with E-state index in [-0.39, 0.29) is 33.3 Å². The first-order valence-electron chi connectivity index (χ1n) is 10.5. The van der Waals surface area contributed by atoms with Crippen molar-refractivity contribution < 1.29 is 18.3 Å². The Bertz CT molecular complexity index is 1180. The van der Waals surface area contributed by atoms with E-state index < -0.39 is 17.9 Å². The summed E-state index contributed by atoms with van der Waals surface area (Å²) in [6.45, 7) is 4.55. The third-order valence-corrected chi connectivity index (χ3v) is 6.53. The Balaban J connectivity index is 1.53. The highest BCUT2D eigenvalue weighted by Crippen LogP contribution is 2.36. The van der Waals surface area contributed by atoms with E-state index in [1.54, 1.807) is 20.0 Å². The van der Waals surface area contributed by atoms with Gasteiger partial charge in [-0.2, -0.15) is 9.49 Å². The molecule has 1 aliphatic heterocycles. The molecule has 1 amide bonds. The third kappa shape index (κ3) is 4.96. The summed E-state index contributed by atoms with van der Waals surface area (Å²) < 4.78 is 35.9. The highest BCUT2D eigenvalue weighted by atomic mass is 35.5. The number of carbonyl (C=O) groups is 1. The summed E-state index contributed by atoms with van der Waals surface area (Å²) in [7, 11) is 0. The van der Waals surface area contributed by atoms with Gasteiger partial charge in [0.05, 0.1) is 17.3 Å². The molecule has 0 saturated carbocycles. The molecule has 1 saturated heterocycles. The van der Waals surface area contributed by atoms with Crippen molar-refractivity contribution in [3.63, 3.8) is 0 Å². The summed E-state index contributed by atoms with van der Waals surface area (Å²) in [4.78, 5) is 17.2. The quantitative estimate of drug-likeness (QED) is 0.329. The molecular weight excluding hydrogens is 473 g/mol. The van der Waals surface area contributed by atoms with Gasteiger partial charge in [-0.05, 0) is 38.0 Å². The van der Waals surface area contributed by atoms with E-state index in [2.05, 4.69) is 10.1 Å². The average Bonchev–Trinajstić information content (AvgIpc) is 3.28. The fourth-order valence-corrected chi connectivity index (χ4v) is 4.64. The molecule has 0 spiro atoms. The largest absolute Gasteiger partial charge is 0.481 e. The van der Waals surface area contributed by atoms with Gasteiger partial charge in [-0.25, -0.2) is 9.37 Å². The van der Waals surface area contributed by atoms with Crippen molar-refractivity contribution in [2.45, 2.75) is 38.8 Å². The third-order valence-electron chi connectivity index (χ3n) is 5.82. The minimum Gasteiger partial charge on any atom is -0.481 e. The zero-order valence-corrected chi connectivity index (χ0v) is 19.6. The summed E-state index contributed by atoms with van der Waals surface area (Å²) in [5.41, 5.74) is 1.59. The number of nitrogens with zero attached hydrogens (tertiary/aromatic N) is 4. The number of likely N-dealkylation sites (tertiary alicyclic amines) is 1. The normalized spacial score (nSPS) is 15.5. The van der Waals surface area contributed by atoms with Crippen LogP contribution in [0.25, 0.3) is 11.1 Å². The number of halogens is 4. The number of piperidine rings is 1. The Morgan fingerprint density at radius 2 is 1.91 bits per heavy atom. The molecule has 3 heterocycles. The van der Waals surface area contributed by atoms with Gasteiger partial charge >= 0.3 is 0 Å². The number of pyridine rings is 1. The molecule has 0 bridgehead atoms. The summed E-state index contributed by atoms with van der Waals surface area (Å²) >= 11 is 12.2. The lowest BCUT2D eigenvalue weighted by Gasteiger charge is -2.31. The van der Waals surface area contributed by atoms with E-state index in [1.165, 1.54) is 18.3 Å². The monoisotopic (exact) mass is 494 g/mol. The highest BCUT2D eigenvalue weighted by Gasteiger charge is 2.23. The van der Waals surface area contributed by atoms with Crippen LogP contribution in [0.2, 0.25) is 10.0 Å². The number of hydrogen-bond donors (Lipinski definition) is 0. The van der Waals surface area contributed by atoms with Crippen molar-refractivity contribution >= 4 is 29.1 Å². The van der Waals surface area contributed by atoms with Crippen molar-refractivity contribution in [2.75, 3.05) is 13.1 Å². The van der Waals surface area contributed by atoms with Crippen molar-refractivity contribution in [2.24, 2.45) is 0 Å². The van der Waals surface area contributed by atoms with Gasteiger partial charge in [-0.3, -0.25) is 9.48 Å². The molecule has 2 aromatic heterocycles. The van der Waals surface area contributed by atoms with E-state index in [1.807, 2.05) is 15.8 Å². The molecule has 0 aliphatic carbocycles. The molecule has 0 N–H and O–H groups in total. The number of hydrogen-bond acceptors (Lipinski definition) is 4. The van der Waals surface area contributed by atoms with Gasteiger partial charge in [0, 0.05) is 54.1 Å². The molecule has 1 atom stereocenters. The van der Waals surface area contributed by atoms with Crippen molar-refractivity contribution in [3.8, 4) is 16.9 Å². The summed E-state index contributed by atoms with van der Waals surface area (Å²) in [6.07, 6.45) is 5.75. The smallest absolute Gasteiger partial charge is 0.255 e. The van der Waals surface area contributed by atoms with Gasteiger partial charge in [0.15, 0.2) is 5.75 Å². The van der Waals surface area contributed by atoms with Crippen LogP contribution in [-0.2, 0) is 4.79 Å². The minimum atomic E-state index is -0.818. The number of carbonyl (C=O) groups excluding carboxylic acids is 1. The van der Waals surface area contributed by atoms with Gasteiger partial charge < -0.3 is 9.64 Å². The van der Waals surface area contributed by atoms with Gasteiger partial charge in [0.25, 0.3) is 5.95 Å². The second-order valence-corrected chi connectivity index (χ2v) is 8.76. The van der Waals surface area contributed by atoms with Gasteiger partial charge in [-0.1, -0.05) is 23.2 Å². The topological polar surface area (TPSA) is 60.2 Å². The molecule has 1 aromatic carbocycles. The van der Waals surface area contributed by atoms with Crippen LogP contribution in [0.3, 0.4) is 0 Å². The lowest BCUT2D eigenvalue weighted by Crippen LogP contribution is -2.37. The van der Waals surface area contributed by atoms with E-state index in [0.717, 1.165) is 24.5 Å². The first-order chi connectivity index (χ1) is 15.7. The van der Waals surface area contributed by atoms with E-state index in [4.69, 9.17) is 27.9 Å². The Morgan fingerprint density at radius 1 is 1.18 bits per heavy atom. The maximum Gasteiger partial charge on any atom is 0.255 e. The van der Waals surface area contributed by atoms with Crippen molar-refractivity contribution in [1.29, 1.82) is 0 Å². The first-order valence-corrected chi connectivity index (χ1v) is 11.3. The van der Waals surface area contributed by atoms with Crippen LogP contribution < -0.4 is 4.74 Å². The minimum absolute atomic E-state index is 0.0783. The molecular formula is C23H22Cl2F2N4O2. The van der Waals surface area contributed by atoms with Crippen molar-refractivity contribution in [3.05, 3.63) is 64.2 Å². The summed E-state index contributed by atoms with van der Waals surface area (Å²) in [6, 6.07) is 4.22. The van der Waals surface area contributed by atoms with Gasteiger partial charge in [0.2, 0.25) is 5.91 Å². The SMILES string of the molecule is CC(=O)N1CCC(n2cc(-c3cnc(F)c(O[C@H](C)c4c(Cl)ccc(F)c4Cl)c3)cn2)CC1. The lowest BCUT2D eigenvalue weighted by molar-refractivity contribution is -0.130. The Hall–Kier alpha value is -2.71. The second kappa shape index (κ2) is 9.65. The molecule has 1 aliphatic rings. The van der Waals surface area contributed by atoms with Gasteiger partial charge in [-0.15, -0.1) is 0 Å². The molecule has 33 heavy (non-hydrogen) atoms. The number of rotatable bonds is 5. The zero-order chi connectivity index (χ0) is 23.7. The van der Waals surface area contributed by atoms with Crippen LogP contribution in [0.15, 0.2) is 36.8 Å². The van der Waals surface area contributed by atoms with Crippen LogP contribution in [0.1, 0.15) is 44.4 Å². The summed E-state index contributed by atoms with van der Waals surface area (Å²) in [5.74, 6) is -1.48. The maximum absolute atomic E-state index is 14.4. The van der Waals surface area contributed by atoms with Crippen LogP contribution in [0.4, 0.5) is 8.78 Å². The van der Waals surface area contributed by atoms with Crippen LogP contribution >= 0.6 is 23.2 Å². The molecule has 0 radical (unpaired) electrons. The van der Waals surface area contributed by atoms with Crippen LogP contribution in [0, 0.1) is 11.8 Å². The second-order valence-electron chi connectivity index (χ2n) is 7.98. The molecule has 6 nitrogen and oxygen atoms in total. The fourth-order valence-electron chi connectivity index (χ4n) is 3.97.